The summed E-state index contributed by atoms with van der Waals surface area (Å²) < 4.78 is 7.39. The number of carbonyl (C=O) groups is 1. The summed E-state index contributed by atoms with van der Waals surface area (Å²) >= 11 is 0. The van der Waals surface area contributed by atoms with Crippen LogP contribution in [0.4, 0.5) is 5.82 Å². The molecular formula is C17H16N4O2. The summed E-state index contributed by atoms with van der Waals surface area (Å²) in [6.45, 7) is 0.821. The van der Waals surface area contributed by atoms with Crippen molar-refractivity contribution in [3.05, 3.63) is 54.6 Å². The average Bonchev–Trinajstić information content (AvgIpc) is 3.24. The molecule has 6 heteroatoms. The van der Waals surface area contributed by atoms with Crippen molar-refractivity contribution in [2.45, 2.75) is 19.4 Å². The average molecular weight is 308 g/mol. The van der Waals surface area contributed by atoms with E-state index >= 15 is 0 Å². The van der Waals surface area contributed by atoms with E-state index in [-0.39, 0.29) is 11.8 Å². The van der Waals surface area contributed by atoms with Crippen LogP contribution in [0.3, 0.4) is 0 Å². The molecule has 0 fully saturated rings. The van der Waals surface area contributed by atoms with Gasteiger partial charge in [0.05, 0.1) is 6.33 Å². The van der Waals surface area contributed by atoms with E-state index in [1.54, 1.807) is 6.07 Å². The van der Waals surface area contributed by atoms with Gasteiger partial charge in [0.25, 0.3) is 0 Å². The zero-order valence-corrected chi connectivity index (χ0v) is 12.5. The van der Waals surface area contributed by atoms with E-state index in [0.717, 1.165) is 24.2 Å². The molecule has 23 heavy (non-hydrogen) atoms. The number of amides is 1. The van der Waals surface area contributed by atoms with E-state index < -0.39 is 0 Å². The van der Waals surface area contributed by atoms with Crippen LogP contribution >= 0.6 is 0 Å². The van der Waals surface area contributed by atoms with Crippen molar-refractivity contribution in [1.82, 2.24) is 14.7 Å². The Morgan fingerprint density at radius 3 is 3.04 bits per heavy atom. The fourth-order valence-electron chi connectivity index (χ4n) is 2.89. The van der Waals surface area contributed by atoms with Crippen LogP contribution in [0.25, 0.3) is 11.3 Å². The van der Waals surface area contributed by atoms with Gasteiger partial charge < -0.3 is 14.4 Å². The second-order valence-corrected chi connectivity index (χ2v) is 5.70. The van der Waals surface area contributed by atoms with Gasteiger partial charge in [0.2, 0.25) is 5.91 Å². The third-order valence-electron chi connectivity index (χ3n) is 4.16. The van der Waals surface area contributed by atoms with Crippen LogP contribution < -0.4 is 5.32 Å². The van der Waals surface area contributed by atoms with Gasteiger partial charge >= 0.3 is 0 Å². The van der Waals surface area contributed by atoms with Gasteiger partial charge in [-0.05, 0) is 6.42 Å². The lowest BCUT2D eigenvalue weighted by molar-refractivity contribution is -0.120. The number of anilines is 1. The van der Waals surface area contributed by atoms with Crippen LogP contribution in [0.15, 0.2) is 53.4 Å². The Labute approximate surface area is 133 Å². The molecular weight excluding hydrogens is 292 g/mol. The van der Waals surface area contributed by atoms with E-state index in [9.17, 15) is 4.79 Å². The molecule has 0 bridgehead atoms. The molecule has 6 nitrogen and oxygen atoms in total. The molecule has 1 amide bonds. The Hall–Kier alpha value is -2.89. The number of benzene rings is 1. The number of hydrogen-bond acceptors (Lipinski definition) is 4. The molecule has 1 atom stereocenters. The first kappa shape index (κ1) is 13.8. The Bertz CT molecular complexity index is 822. The zero-order chi connectivity index (χ0) is 15.6. The number of nitrogens with zero attached hydrogens (tertiary/aromatic N) is 3. The van der Waals surface area contributed by atoms with E-state index in [0.29, 0.717) is 18.0 Å². The summed E-state index contributed by atoms with van der Waals surface area (Å²) in [4.78, 5) is 16.5. The number of nitrogens with one attached hydrogen (secondary N) is 1. The minimum atomic E-state index is -0.0592. The van der Waals surface area contributed by atoms with Crippen LogP contribution in [0, 0.1) is 5.92 Å². The van der Waals surface area contributed by atoms with Crippen molar-refractivity contribution in [3.8, 4) is 11.3 Å². The minimum Gasteiger partial charge on any atom is -0.354 e. The maximum Gasteiger partial charge on any atom is 0.229 e. The fraction of sp³-hybridized carbons (Fsp3) is 0.235. The number of carbonyl (C=O) groups excluding carboxylic acids is 1. The molecule has 1 aliphatic rings. The molecule has 1 aliphatic heterocycles. The molecule has 116 valence electrons. The normalized spacial score (nSPS) is 16.8. The maximum absolute atomic E-state index is 12.4. The molecule has 4 rings (SSSR count). The topological polar surface area (TPSA) is 73.0 Å². The summed E-state index contributed by atoms with van der Waals surface area (Å²) in [5.41, 5.74) is 2.03. The summed E-state index contributed by atoms with van der Waals surface area (Å²) in [6, 6.07) is 11.4. The largest absolute Gasteiger partial charge is 0.354 e. The van der Waals surface area contributed by atoms with Crippen molar-refractivity contribution in [1.29, 1.82) is 0 Å². The monoisotopic (exact) mass is 308 g/mol. The third kappa shape index (κ3) is 2.75. The third-order valence-corrected chi connectivity index (χ3v) is 4.16. The zero-order valence-electron chi connectivity index (χ0n) is 12.5. The highest BCUT2D eigenvalue weighted by atomic mass is 16.5. The number of rotatable bonds is 3. The lowest BCUT2D eigenvalue weighted by Gasteiger charge is -2.22. The molecule has 2 aromatic heterocycles. The first-order valence-corrected chi connectivity index (χ1v) is 7.61. The first-order chi connectivity index (χ1) is 11.3. The quantitative estimate of drug-likeness (QED) is 0.807. The molecule has 0 saturated carbocycles. The predicted molar refractivity (Wildman–Crippen MR) is 84.6 cm³/mol. The van der Waals surface area contributed by atoms with Gasteiger partial charge in [0.15, 0.2) is 11.6 Å². The maximum atomic E-state index is 12.4. The van der Waals surface area contributed by atoms with Crippen LogP contribution in [0.1, 0.15) is 12.1 Å². The number of aryl methyl sites for hydroxylation is 1. The number of fused-ring (bicyclic) bond motifs is 1. The molecule has 1 N–H and O–H groups in total. The molecule has 0 unspecified atom stereocenters. The molecule has 3 aromatic rings. The van der Waals surface area contributed by atoms with Gasteiger partial charge in [-0.15, -0.1) is 0 Å². The Morgan fingerprint density at radius 1 is 1.30 bits per heavy atom. The molecule has 0 spiro atoms. The van der Waals surface area contributed by atoms with Gasteiger partial charge in [0.1, 0.15) is 0 Å². The van der Waals surface area contributed by atoms with E-state index in [1.165, 1.54) is 0 Å². The van der Waals surface area contributed by atoms with Gasteiger partial charge in [-0.2, -0.15) is 0 Å². The Morgan fingerprint density at radius 2 is 2.17 bits per heavy atom. The Balaban J connectivity index is 1.45. The summed E-state index contributed by atoms with van der Waals surface area (Å²) in [5, 5.41) is 6.79. The first-order valence-electron chi connectivity index (χ1n) is 7.61. The van der Waals surface area contributed by atoms with Crippen LogP contribution in [-0.2, 0) is 17.8 Å². The number of imidazole rings is 1. The van der Waals surface area contributed by atoms with E-state index in [2.05, 4.69) is 20.0 Å². The lowest BCUT2D eigenvalue weighted by Crippen LogP contribution is -2.29. The molecule has 0 saturated heterocycles. The van der Waals surface area contributed by atoms with Crippen LogP contribution in [0.2, 0.25) is 0 Å². The second-order valence-electron chi connectivity index (χ2n) is 5.70. The van der Waals surface area contributed by atoms with Gasteiger partial charge in [-0.3, -0.25) is 4.79 Å². The predicted octanol–water partition coefficient (Wildman–Crippen LogP) is 2.74. The highest BCUT2D eigenvalue weighted by Gasteiger charge is 2.25. The molecule has 0 radical (unpaired) electrons. The van der Waals surface area contributed by atoms with E-state index in [4.69, 9.17) is 4.52 Å². The summed E-state index contributed by atoms with van der Waals surface area (Å²) in [5.74, 6) is 1.01. The molecule has 1 aromatic carbocycles. The van der Waals surface area contributed by atoms with Crippen molar-refractivity contribution < 1.29 is 9.32 Å². The van der Waals surface area contributed by atoms with E-state index in [1.807, 2.05) is 42.9 Å². The highest BCUT2D eigenvalue weighted by molar-refractivity contribution is 5.92. The summed E-state index contributed by atoms with van der Waals surface area (Å²) in [7, 11) is 0. The van der Waals surface area contributed by atoms with Crippen LogP contribution in [-0.4, -0.2) is 20.6 Å². The smallest absolute Gasteiger partial charge is 0.229 e. The van der Waals surface area contributed by atoms with Crippen molar-refractivity contribution >= 4 is 11.7 Å². The van der Waals surface area contributed by atoms with Gasteiger partial charge in [-0.25, -0.2) is 4.98 Å². The summed E-state index contributed by atoms with van der Waals surface area (Å²) in [6.07, 6.45) is 5.14. The van der Waals surface area contributed by atoms with Gasteiger partial charge in [0, 0.05) is 42.4 Å². The minimum absolute atomic E-state index is 0.0228. The fourth-order valence-corrected chi connectivity index (χ4v) is 2.89. The van der Waals surface area contributed by atoms with Gasteiger partial charge in [-0.1, -0.05) is 35.5 Å². The van der Waals surface area contributed by atoms with Crippen LogP contribution in [0.5, 0.6) is 0 Å². The molecule has 3 heterocycles. The highest BCUT2D eigenvalue weighted by Crippen LogP contribution is 2.24. The second kappa shape index (κ2) is 5.72. The van der Waals surface area contributed by atoms with Crippen molar-refractivity contribution in [2.24, 2.45) is 5.92 Å². The number of hydrogen-bond donors (Lipinski definition) is 1. The van der Waals surface area contributed by atoms with Crippen molar-refractivity contribution in [3.63, 3.8) is 0 Å². The standard InChI is InChI=1S/C17H16N4O2/c22-17(13-6-7-21-11-18-10-14(21)8-13)19-16-9-15(23-20-16)12-4-2-1-3-5-12/h1-5,9-11,13H,6-8H2,(H,19,20,22)/t13-/m1/s1. The number of aromatic nitrogens is 3. The SMILES string of the molecule is O=C(Nc1cc(-c2ccccc2)on1)[C@@H]1CCn2cncc2C1. The van der Waals surface area contributed by atoms with Crippen molar-refractivity contribution in [2.75, 3.05) is 5.32 Å². The lowest BCUT2D eigenvalue weighted by atomic mass is 9.95. The Kier molecular flexibility index (Phi) is 3.42. The molecule has 0 aliphatic carbocycles.